The van der Waals surface area contributed by atoms with Gasteiger partial charge in [0.25, 0.3) is 0 Å². The summed E-state index contributed by atoms with van der Waals surface area (Å²) in [6, 6.07) is 6.44. The summed E-state index contributed by atoms with van der Waals surface area (Å²) < 4.78 is 1.64. The second kappa shape index (κ2) is 5.41. The Bertz CT molecular complexity index is 798. The summed E-state index contributed by atoms with van der Waals surface area (Å²) in [5.41, 5.74) is 2.05. The molecule has 0 amide bonds. The van der Waals surface area contributed by atoms with Crippen molar-refractivity contribution in [1.82, 2.24) is 9.78 Å². The molecule has 114 valence electrons. The predicted molar refractivity (Wildman–Crippen MR) is 85.5 cm³/mol. The summed E-state index contributed by atoms with van der Waals surface area (Å²) >= 11 is 12.0. The number of benzene rings is 1. The first-order valence-electron chi connectivity index (χ1n) is 6.67. The van der Waals surface area contributed by atoms with Gasteiger partial charge in [-0.15, -0.1) is 0 Å². The number of rotatable bonds is 2. The zero-order chi connectivity index (χ0) is 16.0. The monoisotopic (exact) mass is 337 g/mol. The van der Waals surface area contributed by atoms with Gasteiger partial charge < -0.3 is 5.11 Å². The van der Waals surface area contributed by atoms with Crippen LogP contribution >= 0.6 is 23.2 Å². The van der Waals surface area contributed by atoms with Crippen LogP contribution < -0.4 is 0 Å². The average Bonchev–Trinajstić information content (AvgIpc) is 2.79. The van der Waals surface area contributed by atoms with Gasteiger partial charge in [0, 0.05) is 11.8 Å². The molecule has 1 aromatic carbocycles. The molecule has 0 fully saturated rings. The fourth-order valence-electron chi connectivity index (χ4n) is 2.75. The van der Waals surface area contributed by atoms with E-state index >= 15 is 0 Å². The number of aromatic nitrogens is 2. The maximum absolute atomic E-state index is 11.7. The van der Waals surface area contributed by atoms with Crippen molar-refractivity contribution in [2.75, 3.05) is 0 Å². The molecule has 0 spiro atoms. The van der Waals surface area contributed by atoms with Crippen LogP contribution in [-0.4, -0.2) is 26.6 Å². The van der Waals surface area contributed by atoms with Crippen molar-refractivity contribution >= 4 is 40.7 Å². The Kier molecular flexibility index (Phi) is 3.70. The molecule has 3 rings (SSSR count). The lowest BCUT2D eigenvalue weighted by molar-refractivity contribution is -0.140. The normalized spacial score (nSPS) is 20.5. The van der Waals surface area contributed by atoms with Gasteiger partial charge in [0.05, 0.1) is 21.8 Å². The molecule has 2 unspecified atom stereocenters. The lowest BCUT2D eigenvalue weighted by Crippen LogP contribution is -2.35. The zero-order valence-corrected chi connectivity index (χ0v) is 13.4. The Labute approximate surface area is 137 Å². The molecule has 0 saturated carbocycles. The summed E-state index contributed by atoms with van der Waals surface area (Å²) in [5, 5.41) is 14.8. The number of aryl methyl sites for hydroxylation is 1. The van der Waals surface area contributed by atoms with Gasteiger partial charge in [-0.25, -0.2) is 9.67 Å². The molecule has 2 aromatic rings. The van der Waals surface area contributed by atoms with Gasteiger partial charge in [0.1, 0.15) is 5.92 Å². The number of carboxylic acids is 1. The van der Waals surface area contributed by atoms with E-state index in [4.69, 9.17) is 23.2 Å². The van der Waals surface area contributed by atoms with Gasteiger partial charge in [-0.1, -0.05) is 29.3 Å². The molecule has 7 heteroatoms. The summed E-state index contributed by atoms with van der Waals surface area (Å²) in [6.45, 7) is 3.56. The molecule has 0 saturated heterocycles. The Morgan fingerprint density at radius 2 is 1.95 bits per heavy atom. The minimum Gasteiger partial charge on any atom is -0.481 e. The minimum atomic E-state index is -0.948. The third-order valence-electron chi connectivity index (χ3n) is 3.71. The highest BCUT2D eigenvalue weighted by Crippen LogP contribution is 2.38. The number of carboxylic acid groups (broad SMARTS) is 1. The molecule has 5 nitrogen and oxygen atoms in total. The number of aliphatic imine (C=N–C) groups is 1. The first-order valence-corrected chi connectivity index (χ1v) is 7.43. The highest BCUT2D eigenvalue weighted by Gasteiger charge is 2.38. The Morgan fingerprint density at radius 3 is 2.59 bits per heavy atom. The van der Waals surface area contributed by atoms with Gasteiger partial charge >= 0.3 is 5.97 Å². The minimum absolute atomic E-state index is 0.383. The lowest BCUT2D eigenvalue weighted by Gasteiger charge is -2.29. The maximum atomic E-state index is 11.7. The van der Waals surface area contributed by atoms with E-state index in [0.29, 0.717) is 21.6 Å². The molecular weight excluding hydrogens is 325 g/mol. The molecule has 1 aromatic heterocycles. The summed E-state index contributed by atoms with van der Waals surface area (Å²) in [4.78, 5) is 16.1. The maximum Gasteiger partial charge on any atom is 0.314 e. The van der Waals surface area contributed by atoms with Gasteiger partial charge in [0.15, 0.2) is 5.82 Å². The molecular formula is C15H13Cl2N3O2. The molecule has 1 aliphatic rings. The van der Waals surface area contributed by atoms with E-state index in [1.165, 1.54) is 0 Å². The third-order valence-corrected chi connectivity index (χ3v) is 4.45. The molecule has 1 N–H and O–H groups in total. The van der Waals surface area contributed by atoms with E-state index in [2.05, 4.69) is 10.1 Å². The first kappa shape index (κ1) is 15.1. The second-order valence-corrected chi connectivity index (χ2v) is 6.09. The number of hydrogen-bond donors (Lipinski definition) is 1. The molecule has 1 aliphatic heterocycles. The molecule has 0 radical (unpaired) electrons. The fourth-order valence-corrected chi connectivity index (χ4v) is 3.06. The molecule has 0 aliphatic carbocycles. The fraction of sp³-hybridized carbons (Fsp3) is 0.267. The van der Waals surface area contributed by atoms with Crippen molar-refractivity contribution in [3.63, 3.8) is 0 Å². The second-order valence-electron chi connectivity index (χ2n) is 5.28. The number of nitrogens with zero attached hydrogens (tertiary/aromatic N) is 3. The van der Waals surface area contributed by atoms with E-state index in [0.717, 1.165) is 11.3 Å². The molecule has 2 heterocycles. The smallest absolute Gasteiger partial charge is 0.314 e. The van der Waals surface area contributed by atoms with Crippen LogP contribution in [-0.2, 0) is 4.79 Å². The van der Waals surface area contributed by atoms with Gasteiger partial charge in [0.2, 0.25) is 0 Å². The number of carbonyl (C=O) groups is 1. The molecule has 0 bridgehead atoms. The Morgan fingerprint density at radius 1 is 1.23 bits per heavy atom. The Hall–Kier alpha value is -1.85. The van der Waals surface area contributed by atoms with Crippen LogP contribution in [0.25, 0.3) is 0 Å². The van der Waals surface area contributed by atoms with Crippen molar-refractivity contribution in [2.24, 2.45) is 10.9 Å². The van der Waals surface area contributed by atoms with Crippen molar-refractivity contribution in [3.8, 4) is 0 Å². The van der Waals surface area contributed by atoms with Gasteiger partial charge in [-0.2, -0.15) is 5.10 Å². The lowest BCUT2D eigenvalue weighted by atomic mass is 9.88. The van der Waals surface area contributed by atoms with E-state index in [1.807, 2.05) is 13.0 Å². The van der Waals surface area contributed by atoms with Crippen molar-refractivity contribution in [3.05, 3.63) is 45.6 Å². The first-order chi connectivity index (χ1) is 10.4. The van der Waals surface area contributed by atoms with Gasteiger partial charge in [-0.05, 0) is 31.5 Å². The number of halogens is 2. The van der Waals surface area contributed by atoms with Crippen LogP contribution in [0.5, 0.6) is 0 Å². The van der Waals surface area contributed by atoms with E-state index in [-0.39, 0.29) is 0 Å². The van der Waals surface area contributed by atoms with E-state index < -0.39 is 17.9 Å². The van der Waals surface area contributed by atoms with Crippen LogP contribution in [0.3, 0.4) is 0 Å². The summed E-state index contributed by atoms with van der Waals surface area (Å²) in [6.07, 6.45) is 0. The number of hydrogen-bond acceptors (Lipinski definition) is 3. The van der Waals surface area contributed by atoms with Crippen molar-refractivity contribution in [1.29, 1.82) is 0 Å². The largest absolute Gasteiger partial charge is 0.481 e. The van der Waals surface area contributed by atoms with Crippen LogP contribution in [0, 0.1) is 12.8 Å². The van der Waals surface area contributed by atoms with Crippen LogP contribution in [0.1, 0.15) is 24.2 Å². The number of fused-ring (bicyclic) bond motifs is 1. The van der Waals surface area contributed by atoms with Gasteiger partial charge in [-0.3, -0.25) is 4.79 Å². The molecule has 2 atom stereocenters. The predicted octanol–water partition coefficient (Wildman–Crippen LogP) is 3.89. The molecule has 22 heavy (non-hydrogen) atoms. The van der Waals surface area contributed by atoms with Crippen LogP contribution in [0.4, 0.5) is 5.82 Å². The van der Waals surface area contributed by atoms with Crippen LogP contribution in [0.15, 0.2) is 29.3 Å². The highest BCUT2D eigenvalue weighted by atomic mass is 35.5. The van der Waals surface area contributed by atoms with Crippen molar-refractivity contribution < 1.29 is 9.90 Å². The van der Waals surface area contributed by atoms with Crippen molar-refractivity contribution in [2.45, 2.75) is 19.9 Å². The van der Waals surface area contributed by atoms with E-state index in [1.54, 1.807) is 29.8 Å². The standard InChI is InChI=1S/C15H13Cl2N3O2/c1-7-5-12-18-8(2)13(15(21)22)14(20(12)19-7)9-3-4-10(16)11(17)6-9/h3-6,13-14H,1-2H3,(H,21,22). The van der Waals surface area contributed by atoms with E-state index in [9.17, 15) is 9.90 Å². The Balaban J connectivity index is 2.21. The quantitative estimate of drug-likeness (QED) is 0.903. The summed E-state index contributed by atoms with van der Waals surface area (Å²) in [7, 11) is 0. The third kappa shape index (κ3) is 2.40. The topological polar surface area (TPSA) is 67.5 Å². The average molecular weight is 338 g/mol. The summed E-state index contributed by atoms with van der Waals surface area (Å²) in [5.74, 6) is -1.11. The number of aliphatic carboxylic acids is 1. The van der Waals surface area contributed by atoms with Crippen LogP contribution in [0.2, 0.25) is 10.0 Å². The zero-order valence-electron chi connectivity index (χ0n) is 11.9. The highest BCUT2D eigenvalue weighted by molar-refractivity contribution is 6.42. The SMILES string of the molecule is CC1=Nc2cc(C)nn2C(c2ccc(Cl)c(Cl)c2)C1C(=O)O.